The molecule has 4 unspecified atom stereocenters. The van der Waals surface area contributed by atoms with Crippen LogP contribution >= 0.6 is 0 Å². The van der Waals surface area contributed by atoms with Crippen molar-refractivity contribution in [3.63, 3.8) is 0 Å². The number of ketones is 2. The zero-order chi connectivity index (χ0) is 23.0. The summed E-state index contributed by atoms with van der Waals surface area (Å²) < 4.78 is 14.4. The zero-order valence-corrected chi connectivity index (χ0v) is 16.7. The molecule has 3 aliphatic carbocycles. The lowest BCUT2D eigenvalue weighted by Crippen LogP contribution is -2.65. The average molecular weight is 432 g/mol. The summed E-state index contributed by atoms with van der Waals surface area (Å²) in [7, 11) is 3.01. The molecule has 1 fully saturated rings. The SMILES string of the molecule is CN(C)C1C(=O)C(C(N)=O)=C(O)C2(O)C(=O)C3=C(O)c4c(O)ccc(F)c4CC3CC12. The number of Topliss-reactive ketones (excluding diaryl/α,β-unsaturated/α-hetero) is 2. The van der Waals surface area contributed by atoms with Gasteiger partial charge in [-0.25, -0.2) is 4.39 Å². The molecule has 0 bridgehead atoms. The molecule has 0 radical (unpaired) electrons. The third-order valence-electron chi connectivity index (χ3n) is 6.55. The number of hydrogen-bond donors (Lipinski definition) is 5. The number of carbonyl (C=O) groups is 3. The number of phenols is 1. The Bertz CT molecular complexity index is 1120. The second-order valence-corrected chi connectivity index (χ2v) is 8.38. The summed E-state index contributed by atoms with van der Waals surface area (Å²) in [5.74, 6) is -8.26. The van der Waals surface area contributed by atoms with Crippen molar-refractivity contribution in [3.8, 4) is 5.75 Å². The van der Waals surface area contributed by atoms with Gasteiger partial charge in [0.2, 0.25) is 5.78 Å². The van der Waals surface area contributed by atoms with E-state index in [9.17, 15) is 39.2 Å². The van der Waals surface area contributed by atoms with Crippen molar-refractivity contribution in [3.05, 3.63) is 46.0 Å². The van der Waals surface area contributed by atoms with E-state index in [1.807, 2.05) is 0 Å². The summed E-state index contributed by atoms with van der Waals surface area (Å²) >= 11 is 0. The minimum atomic E-state index is -2.70. The first kappa shape index (κ1) is 21.0. The number of phenolic OH excluding ortho intramolecular Hbond substituents is 1. The van der Waals surface area contributed by atoms with E-state index in [0.717, 1.165) is 12.1 Å². The van der Waals surface area contributed by atoms with Crippen LogP contribution in [0, 0.1) is 17.7 Å². The van der Waals surface area contributed by atoms with Gasteiger partial charge in [0.25, 0.3) is 5.91 Å². The van der Waals surface area contributed by atoms with Gasteiger partial charge in [-0.3, -0.25) is 19.3 Å². The predicted molar refractivity (Wildman–Crippen MR) is 104 cm³/mol. The molecule has 1 amide bonds. The van der Waals surface area contributed by atoms with E-state index < -0.39 is 69.6 Å². The van der Waals surface area contributed by atoms with Crippen LogP contribution in [0.3, 0.4) is 0 Å². The Morgan fingerprint density at radius 1 is 1.23 bits per heavy atom. The Morgan fingerprint density at radius 2 is 1.87 bits per heavy atom. The van der Waals surface area contributed by atoms with Crippen LogP contribution in [0.15, 0.2) is 29.0 Å². The number of carbonyl (C=O) groups excluding carboxylic acids is 3. The van der Waals surface area contributed by atoms with E-state index in [-0.39, 0.29) is 29.5 Å². The summed E-state index contributed by atoms with van der Waals surface area (Å²) in [6.45, 7) is 0. The van der Waals surface area contributed by atoms with Gasteiger partial charge < -0.3 is 26.2 Å². The van der Waals surface area contributed by atoms with Crippen molar-refractivity contribution < 1.29 is 39.2 Å². The smallest absolute Gasteiger partial charge is 0.255 e. The lowest BCUT2D eigenvalue weighted by molar-refractivity contribution is -0.153. The molecule has 1 saturated carbocycles. The number of nitrogens with two attached hydrogens (primary N) is 1. The second kappa shape index (κ2) is 6.63. The van der Waals surface area contributed by atoms with E-state index in [1.54, 1.807) is 0 Å². The molecule has 0 spiro atoms. The predicted octanol–water partition coefficient (Wildman–Crippen LogP) is 0.103. The molecule has 31 heavy (non-hydrogen) atoms. The van der Waals surface area contributed by atoms with Crippen LogP contribution in [0.2, 0.25) is 0 Å². The third kappa shape index (κ3) is 2.58. The standard InChI is InChI=1S/C21H21FN2O7/c1-24(2)15-9-6-7-5-8-10(22)3-4-11(25)13(8)16(26)12(7)18(28)21(9,31)19(29)14(17(15)27)20(23)30/h3-4,7,9,15,25-26,29,31H,5-6H2,1-2H3,(H2,23,30). The fourth-order valence-corrected chi connectivity index (χ4v) is 5.21. The van der Waals surface area contributed by atoms with E-state index in [0.29, 0.717) is 0 Å². The highest BCUT2D eigenvalue weighted by Crippen LogP contribution is 2.52. The fraction of sp³-hybridized carbons (Fsp3) is 0.381. The molecule has 0 aromatic heterocycles. The Labute approximate surface area is 175 Å². The number of rotatable bonds is 2. The average Bonchev–Trinajstić information content (AvgIpc) is 2.67. The quantitative estimate of drug-likeness (QED) is 0.411. The Balaban J connectivity index is 1.99. The number of likely N-dealkylation sites (N-methyl/N-ethyl adjacent to an activating group) is 1. The number of amides is 1. The minimum absolute atomic E-state index is 0.00520. The number of nitrogens with zero attached hydrogens (tertiary/aromatic N) is 1. The van der Waals surface area contributed by atoms with Crippen LogP contribution in [0.4, 0.5) is 4.39 Å². The highest BCUT2D eigenvalue weighted by atomic mass is 19.1. The molecule has 9 nitrogen and oxygen atoms in total. The minimum Gasteiger partial charge on any atom is -0.508 e. The molecular formula is C21H21FN2O7. The molecule has 1 aromatic carbocycles. The van der Waals surface area contributed by atoms with Crippen LogP contribution in [-0.2, 0) is 20.8 Å². The molecule has 0 saturated heterocycles. The van der Waals surface area contributed by atoms with Gasteiger partial charge in [0.15, 0.2) is 11.4 Å². The van der Waals surface area contributed by atoms with Crippen molar-refractivity contribution in [1.82, 2.24) is 4.90 Å². The van der Waals surface area contributed by atoms with Crippen molar-refractivity contribution >= 4 is 23.2 Å². The Kier molecular flexibility index (Phi) is 4.49. The molecule has 10 heteroatoms. The number of halogens is 1. The number of primary amides is 1. The molecule has 4 atom stereocenters. The molecule has 3 aliphatic rings. The lowest BCUT2D eigenvalue weighted by Gasteiger charge is -2.50. The van der Waals surface area contributed by atoms with Crippen molar-refractivity contribution in [2.45, 2.75) is 24.5 Å². The van der Waals surface area contributed by atoms with E-state index in [4.69, 9.17) is 5.73 Å². The third-order valence-corrected chi connectivity index (χ3v) is 6.55. The maximum atomic E-state index is 14.4. The van der Waals surface area contributed by atoms with Crippen LogP contribution in [0.25, 0.3) is 5.76 Å². The van der Waals surface area contributed by atoms with Gasteiger partial charge in [0, 0.05) is 17.1 Å². The summed E-state index contributed by atoms with van der Waals surface area (Å²) in [6, 6.07) is 0.889. The Hall–Kier alpha value is -3.24. The molecule has 6 N–H and O–H groups in total. The first-order chi connectivity index (χ1) is 14.4. The highest BCUT2D eigenvalue weighted by molar-refractivity contribution is 6.24. The van der Waals surface area contributed by atoms with Gasteiger partial charge in [0.1, 0.15) is 28.7 Å². The number of hydrogen-bond acceptors (Lipinski definition) is 8. The Morgan fingerprint density at radius 3 is 2.45 bits per heavy atom. The van der Waals surface area contributed by atoms with Crippen LogP contribution in [0.1, 0.15) is 17.5 Å². The monoisotopic (exact) mass is 432 g/mol. The number of aliphatic hydroxyl groups is 3. The number of aliphatic hydroxyl groups excluding tert-OH is 2. The van der Waals surface area contributed by atoms with E-state index >= 15 is 0 Å². The summed E-state index contributed by atoms with van der Waals surface area (Å²) in [5, 5.41) is 43.0. The summed E-state index contributed by atoms with van der Waals surface area (Å²) in [6.07, 6.45) is -0.157. The topological polar surface area (TPSA) is 161 Å². The molecule has 164 valence electrons. The van der Waals surface area contributed by atoms with Crippen molar-refractivity contribution in [2.24, 2.45) is 17.6 Å². The van der Waals surface area contributed by atoms with E-state index in [1.165, 1.54) is 19.0 Å². The van der Waals surface area contributed by atoms with Crippen LogP contribution in [0.5, 0.6) is 5.75 Å². The summed E-state index contributed by atoms with van der Waals surface area (Å²) in [5.41, 5.74) is 1.09. The maximum absolute atomic E-state index is 14.4. The van der Waals surface area contributed by atoms with Crippen molar-refractivity contribution in [1.29, 1.82) is 0 Å². The van der Waals surface area contributed by atoms with Gasteiger partial charge in [-0.05, 0) is 45.0 Å². The van der Waals surface area contributed by atoms with Gasteiger partial charge in [-0.15, -0.1) is 0 Å². The van der Waals surface area contributed by atoms with Gasteiger partial charge >= 0.3 is 0 Å². The normalized spacial score (nSPS) is 30.3. The maximum Gasteiger partial charge on any atom is 0.255 e. The number of fused-ring (bicyclic) bond motifs is 3. The zero-order valence-electron chi connectivity index (χ0n) is 16.7. The van der Waals surface area contributed by atoms with Gasteiger partial charge in [-0.1, -0.05) is 0 Å². The molecule has 1 aromatic rings. The molecule has 0 heterocycles. The van der Waals surface area contributed by atoms with E-state index in [2.05, 4.69) is 0 Å². The van der Waals surface area contributed by atoms with Crippen molar-refractivity contribution in [2.75, 3.05) is 14.1 Å². The molecule has 0 aliphatic heterocycles. The summed E-state index contributed by atoms with van der Waals surface area (Å²) in [4.78, 5) is 39.6. The highest BCUT2D eigenvalue weighted by Gasteiger charge is 2.64. The second-order valence-electron chi connectivity index (χ2n) is 8.38. The van der Waals surface area contributed by atoms with Crippen LogP contribution in [-0.4, -0.2) is 68.5 Å². The molecule has 4 rings (SSSR count). The lowest BCUT2D eigenvalue weighted by atomic mass is 9.57. The fourth-order valence-electron chi connectivity index (χ4n) is 5.21. The first-order valence-corrected chi connectivity index (χ1v) is 9.58. The number of aromatic hydroxyl groups is 1. The van der Waals surface area contributed by atoms with Gasteiger partial charge in [0.05, 0.1) is 11.6 Å². The first-order valence-electron chi connectivity index (χ1n) is 9.58. The van der Waals surface area contributed by atoms with Crippen LogP contribution < -0.4 is 5.73 Å². The number of benzene rings is 1. The largest absolute Gasteiger partial charge is 0.508 e. The van der Waals surface area contributed by atoms with Gasteiger partial charge in [-0.2, -0.15) is 0 Å². The molecular weight excluding hydrogens is 411 g/mol.